The number of hydrazone groups is 1. The van der Waals surface area contributed by atoms with Crippen molar-refractivity contribution in [2.24, 2.45) is 10.9 Å². The highest BCUT2D eigenvalue weighted by Crippen LogP contribution is 2.40. The van der Waals surface area contributed by atoms with Gasteiger partial charge < -0.3 is 16.1 Å². The molecule has 1 rings (SSSR count). The van der Waals surface area contributed by atoms with Gasteiger partial charge in [-0.1, -0.05) is 0 Å². The Morgan fingerprint density at radius 3 is 2.46 bits per heavy atom. The lowest BCUT2D eigenvalue weighted by molar-refractivity contribution is 0.442. The zero-order chi connectivity index (χ0) is 10.0. The number of phenols is 2. The van der Waals surface area contributed by atoms with Crippen LogP contribution >= 0.6 is 31.9 Å². The number of benzene rings is 1. The van der Waals surface area contributed by atoms with Crippen LogP contribution in [0.5, 0.6) is 11.5 Å². The summed E-state index contributed by atoms with van der Waals surface area (Å²) in [6, 6.07) is 1.51. The molecule has 6 heteroatoms. The molecule has 0 aliphatic carbocycles. The van der Waals surface area contributed by atoms with Gasteiger partial charge in [-0.05, 0) is 37.9 Å². The first-order valence-electron chi connectivity index (χ1n) is 3.21. The lowest BCUT2D eigenvalue weighted by atomic mass is 10.2. The van der Waals surface area contributed by atoms with Crippen LogP contribution in [0.3, 0.4) is 0 Å². The molecule has 13 heavy (non-hydrogen) atoms. The Labute approximate surface area is 91.3 Å². The van der Waals surface area contributed by atoms with Crippen molar-refractivity contribution in [1.29, 1.82) is 0 Å². The van der Waals surface area contributed by atoms with Gasteiger partial charge >= 0.3 is 0 Å². The topological polar surface area (TPSA) is 78.8 Å². The van der Waals surface area contributed by atoms with E-state index >= 15 is 0 Å². The largest absolute Gasteiger partial charge is 0.506 e. The van der Waals surface area contributed by atoms with E-state index in [-0.39, 0.29) is 16.0 Å². The molecule has 0 aromatic heterocycles. The standard InChI is InChI=1S/C7H6Br2N2O2/c8-4-1-3(2-11-10)6(12)5(9)7(4)13/h1-2,12-13H,10H2. The lowest BCUT2D eigenvalue weighted by Crippen LogP contribution is -1.89. The molecule has 0 aliphatic heterocycles. The van der Waals surface area contributed by atoms with Gasteiger partial charge in [0.15, 0.2) is 0 Å². The molecule has 0 saturated carbocycles. The minimum Gasteiger partial charge on any atom is -0.506 e. The SMILES string of the molecule is NN=Cc1cc(Br)c(O)c(Br)c1O. The number of hydrogen-bond donors (Lipinski definition) is 3. The summed E-state index contributed by atoms with van der Waals surface area (Å²) in [6.45, 7) is 0. The highest BCUT2D eigenvalue weighted by Gasteiger charge is 2.12. The zero-order valence-corrected chi connectivity index (χ0v) is 9.50. The van der Waals surface area contributed by atoms with Crippen molar-refractivity contribution in [3.63, 3.8) is 0 Å². The van der Waals surface area contributed by atoms with Gasteiger partial charge in [0.05, 0.1) is 10.7 Å². The fourth-order valence-electron chi connectivity index (χ4n) is 0.796. The Morgan fingerprint density at radius 2 is 1.92 bits per heavy atom. The molecule has 0 heterocycles. The van der Waals surface area contributed by atoms with Crippen LogP contribution in [0.25, 0.3) is 0 Å². The number of nitrogens with zero attached hydrogens (tertiary/aromatic N) is 1. The average molecular weight is 310 g/mol. The van der Waals surface area contributed by atoms with Crippen molar-refractivity contribution >= 4 is 38.1 Å². The molecule has 0 atom stereocenters. The third kappa shape index (κ3) is 1.94. The Kier molecular flexibility index (Phi) is 3.16. The predicted molar refractivity (Wildman–Crippen MR) is 57.0 cm³/mol. The van der Waals surface area contributed by atoms with Gasteiger partial charge in [-0.2, -0.15) is 5.10 Å². The summed E-state index contributed by atoms with van der Waals surface area (Å²) in [4.78, 5) is 0. The predicted octanol–water partition coefficient (Wildman–Crippen LogP) is 1.92. The van der Waals surface area contributed by atoms with E-state index in [0.29, 0.717) is 10.0 Å². The van der Waals surface area contributed by atoms with Gasteiger partial charge in [-0.3, -0.25) is 0 Å². The molecule has 0 fully saturated rings. The van der Waals surface area contributed by atoms with Gasteiger partial charge in [-0.15, -0.1) is 0 Å². The second-order valence-corrected chi connectivity index (χ2v) is 3.88. The fourth-order valence-corrected chi connectivity index (χ4v) is 1.95. The van der Waals surface area contributed by atoms with E-state index in [0.717, 1.165) is 0 Å². The number of nitrogens with two attached hydrogens (primary N) is 1. The number of hydrogen-bond acceptors (Lipinski definition) is 4. The maximum absolute atomic E-state index is 9.46. The van der Waals surface area contributed by atoms with Crippen LogP contribution in [-0.2, 0) is 0 Å². The Balaban J connectivity index is 3.40. The van der Waals surface area contributed by atoms with Crippen molar-refractivity contribution in [2.75, 3.05) is 0 Å². The maximum Gasteiger partial charge on any atom is 0.147 e. The van der Waals surface area contributed by atoms with Crippen molar-refractivity contribution in [3.8, 4) is 11.5 Å². The van der Waals surface area contributed by atoms with E-state index in [1.54, 1.807) is 0 Å². The minimum atomic E-state index is -0.102. The monoisotopic (exact) mass is 308 g/mol. The molecule has 0 amide bonds. The van der Waals surface area contributed by atoms with Gasteiger partial charge in [-0.25, -0.2) is 0 Å². The number of rotatable bonds is 1. The maximum atomic E-state index is 9.46. The van der Waals surface area contributed by atoms with Crippen molar-refractivity contribution in [2.45, 2.75) is 0 Å². The summed E-state index contributed by atoms with van der Waals surface area (Å²) in [5.74, 6) is 4.77. The van der Waals surface area contributed by atoms with E-state index in [4.69, 9.17) is 5.84 Å². The molecule has 70 valence electrons. The Morgan fingerprint density at radius 1 is 1.31 bits per heavy atom. The molecular formula is C7H6Br2N2O2. The van der Waals surface area contributed by atoms with Gasteiger partial charge in [0.2, 0.25) is 0 Å². The molecule has 1 aromatic rings. The highest BCUT2D eigenvalue weighted by atomic mass is 79.9. The number of halogens is 2. The molecular weight excluding hydrogens is 304 g/mol. The summed E-state index contributed by atoms with van der Waals surface area (Å²) in [5.41, 5.74) is 0.416. The summed E-state index contributed by atoms with van der Waals surface area (Å²) >= 11 is 6.13. The van der Waals surface area contributed by atoms with E-state index < -0.39 is 0 Å². The molecule has 4 nitrogen and oxygen atoms in total. The summed E-state index contributed by atoms with van der Waals surface area (Å²) < 4.78 is 0.656. The first kappa shape index (κ1) is 10.3. The summed E-state index contributed by atoms with van der Waals surface area (Å²) in [7, 11) is 0. The first-order valence-corrected chi connectivity index (χ1v) is 4.79. The van der Waals surface area contributed by atoms with Crippen LogP contribution in [0.2, 0.25) is 0 Å². The van der Waals surface area contributed by atoms with Gasteiger partial charge in [0, 0.05) is 5.56 Å². The van der Waals surface area contributed by atoms with Crippen LogP contribution in [0.15, 0.2) is 20.1 Å². The Bertz CT molecular complexity index is 366. The number of aromatic hydroxyl groups is 2. The molecule has 0 saturated heterocycles. The van der Waals surface area contributed by atoms with E-state index in [1.165, 1.54) is 12.3 Å². The first-order chi connectivity index (χ1) is 6.07. The van der Waals surface area contributed by atoms with Crippen molar-refractivity contribution < 1.29 is 10.2 Å². The molecule has 0 spiro atoms. The highest BCUT2D eigenvalue weighted by molar-refractivity contribution is 9.11. The third-order valence-corrected chi connectivity index (χ3v) is 2.77. The second-order valence-electron chi connectivity index (χ2n) is 2.24. The normalized spacial score (nSPS) is 10.9. The van der Waals surface area contributed by atoms with E-state index in [1.807, 2.05) is 0 Å². The average Bonchev–Trinajstić information content (AvgIpc) is 2.11. The molecule has 0 aliphatic rings. The van der Waals surface area contributed by atoms with Crippen LogP contribution in [0.4, 0.5) is 0 Å². The Hall–Kier alpha value is -0.750. The minimum absolute atomic E-state index is 0.0633. The van der Waals surface area contributed by atoms with E-state index in [9.17, 15) is 10.2 Å². The number of phenolic OH excluding ortho intramolecular Hbond substituents is 2. The van der Waals surface area contributed by atoms with Crippen LogP contribution in [0, 0.1) is 0 Å². The summed E-state index contributed by atoms with van der Waals surface area (Å²) in [5, 5.41) is 22.1. The lowest BCUT2D eigenvalue weighted by Gasteiger charge is -2.05. The van der Waals surface area contributed by atoms with Crippen LogP contribution in [-0.4, -0.2) is 16.4 Å². The van der Waals surface area contributed by atoms with Crippen molar-refractivity contribution in [1.82, 2.24) is 0 Å². The molecule has 0 unspecified atom stereocenters. The molecule has 4 N–H and O–H groups in total. The molecule has 0 bridgehead atoms. The zero-order valence-electron chi connectivity index (χ0n) is 6.33. The van der Waals surface area contributed by atoms with Crippen molar-refractivity contribution in [3.05, 3.63) is 20.6 Å². The molecule has 0 radical (unpaired) electrons. The van der Waals surface area contributed by atoms with E-state index in [2.05, 4.69) is 37.0 Å². The second kappa shape index (κ2) is 3.97. The summed E-state index contributed by atoms with van der Waals surface area (Å²) in [6.07, 6.45) is 1.28. The fraction of sp³-hybridized carbons (Fsp3) is 0. The van der Waals surface area contributed by atoms with Crippen LogP contribution < -0.4 is 5.84 Å². The van der Waals surface area contributed by atoms with Crippen LogP contribution in [0.1, 0.15) is 5.56 Å². The quantitative estimate of drug-likeness (QED) is 0.421. The molecule has 1 aromatic carbocycles. The van der Waals surface area contributed by atoms with Gasteiger partial charge in [0.1, 0.15) is 16.0 Å². The van der Waals surface area contributed by atoms with Gasteiger partial charge in [0.25, 0.3) is 0 Å². The smallest absolute Gasteiger partial charge is 0.147 e. The third-order valence-electron chi connectivity index (χ3n) is 1.41.